The Balaban J connectivity index is 2.53. The maximum Gasteiger partial charge on any atom is 0.343 e. The predicted molar refractivity (Wildman–Crippen MR) is 56.9 cm³/mol. The Labute approximate surface area is 95.7 Å². The van der Waals surface area contributed by atoms with Crippen molar-refractivity contribution in [2.75, 3.05) is 19.6 Å². The lowest BCUT2D eigenvalue weighted by Crippen LogP contribution is -2.11. The molecule has 1 heterocycles. The van der Waals surface area contributed by atoms with E-state index < -0.39 is 5.97 Å². The van der Waals surface area contributed by atoms with Crippen LogP contribution in [-0.4, -0.2) is 31.3 Å². The van der Waals surface area contributed by atoms with E-state index in [1.807, 2.05) is 0 Å². The van der Waals surface area contributed by atoms with Gasteiger partial charge in [0.2, 0.25) is 0 Å². The molecule has 0 aliphatic heterocycles. The molecule has 0 spiro atoms. The molecule has 0 N–H and O–H groups in total. The van der Waals surface area contributed by atoms with Crippen molar-refractivity contribution in [3.63, 3.8) is 0 Å². The van der Waals surface area contributed by atoms with Gasteiger partial charge in [0.05, 0.1) is 13.0 Å². The smallest absolute Gasteiger partial charge is 0.343 e. The van der Waals surface area contributed by atoms with Crippen LogP contribution in [-0.2, 0) is 9.53 Å². The molecule has 0 radical (unpaired) electrons. The summed E-state index contributed by atoms with van der Waals surface area (Å²) < 4.78 is 9.48. The average Bonchev–Trinajstić information content (AvgIpc) is 2.73. The minimum atomic E-state index is -0.464. The van der Waals surface area contributed by atoms with Crippen molar-refractivity contribution in [3.05, 3.63) is 17.0 Å². The van der Waals surface area contributed by atoms with Gasteiger partial charge in [0.1, 0.15) is 0 Å². The van der Waals surface area contributed by atoms with Crippen LogP contribution in [0.3, 0.4) is 0 Å². The molecule has 1 aromatic rings. The minimum absolute atomic E-state index is 0.0623. The van der Waals surface area contributed by atoms with Gasteiger partial charge in [-0.15, -0.1) is 22.9 Å². The fourth-order valence-electron chi connectivity index (χ4n) is 0.805. The summed E-state index contributed by atoms with van der Waals surface area (Å²) in [5, 5.41) is 2.13. The van der Waals surface area contributed by atoms with Crippen molar-refractivity contribution in [2.24, 2.45) is 0 Å². The van der Waals surface area contributed by atoms with Crippen molar-refractivity contribution >= 4 is 34.7 Å². The summed E-state index contributed by atoms with van der Waals surface area (Å²) >= 11 is 6.62. The summed E-state index contributed by atoms with van der Waals surface area (Å²) in [6.45, 7) is -0.161. The van der Waals surface area contributed by atoms with Crippen molar-refractivity contribution < 1.29 is 19.1 Å². The third-order valence-corrected chi connectivity index (χ3v) is 2.66. The molecule has 0 unspecified atom stereocenters. The molecule has 0 aromatic carbocycles. The normalized spacial score (nSPS) is 9.73. The number of thiophene rings is 1. The summed E-state index contributed by atoms with van der Waals surface area (Å²) in [5.41, 5.74) is 0.495. The number of esters is 1. The van der Waals surface area contributed by atoms with Gasteiger partial charge in [-0.25, -0.2) is 4.79 Å². The molecule has 82 valence electrons. The number of ether oxygens (including phenoxy) is 2. The Kier molecular flexibility index (Phi) is 4.58. The molecule has 0 aliphatic carbocycles. The monoisotopic (exact) mass is 248 g/mol. The molecule has 0 amide bonds. The van der Waals surface area contributed by atoms with Crippen LogP contribution in [0.25, 0.3) is 0 Å². The summed E-state index contributed by atoms with van der Waals surface area (Å²) in [4.78, 5) is 21.9. The van der Waals surface area contributed by atoms with E-state index in [2.05, 4.69) is 4.74 Å². The third-order valence-electron chi connectivity index (χ3n) is 1.58. The number of ketones is 1. The van der Waals surface area contributed by atoms with Crippen LogP contribution >= 0.6 is 22.9 Å². The molecule has 0 atom stereocenters. The number of carbonyl (C=O) groups is 2. The van der Waals surface area contributed by atoms with Gasteiger partial charge in [0, 0.05) is 17.0 Å². The standard InChI is InChI=1S/C9H9ClO4S/c1-13-8(12)4-14-9-2-6(5-15-9)7(11)3-10/h2,5H,3-4H2,1H3. The summed E-state index contributed by atoms with van der Waals surface area (Å²) in [6.07, 6.45) is 0. The highest BCUT2D eigenvalue weighted by Gasteiger charge is 2.09. The third kappa shape index (κ3) is 3.53. The van der Waals surface area contributed by atoms with Gasteiger partial charge in [-0.1, -0.05) is 0 Å². The van der Waals surface area contributed by atoms with Crippen LogP contribution in [0, 0.1) is 0 Å². The first kappa shape index (κ1) is 12.0. The highest BCUT2D eigenvalue weighted by molar-refractivity contribution is 7.12. The van der Waals surface area contributed by atoms with Crippen LogP contribution in [0.2, 0.25) is 0 Å². The summed E-state index contributed by atoms with van der Waals surface area (Å²) in [5.74, 6) is -0.692. The minimum Gasteiger partial charge on any atom is -0.472 e. The number of hydrogen-bond acceptors (Lipinski definition) is 5. The largest absolute Gasteiger partial charge is 0.472 e. The highest BCUT2D eigenvalue weighted by Crippen LogP contribution is 2.23. The van der Waals surface area contributed by atoms with Gasteiger partial charge in [-0.3, -0.25) is 4.79 Å². The van der Waals surface area contributed by atoms with Crippen molar-refractivity contribution in [1.82, 2.24) is 0 Å². The molecule has 0 saturated heterocycles. The van der Waals surface area contributed by atoms with Crippen molar-refractivity contribution in [1.29, 1.82) is 0 Å². The predicted octanol–water partition coefficient (Wildman–Crippen LogP) is 1.72. The molecular formula is C9H9ClO4S. The van der Waals surface area contributed by atoms with E-state index in [1.165, 1.54) is 18.4 Å². The summed E-state index contributed by atoms with van der Waals surface area (Å²) in [7, 11) is 1.28. The topological polar surface area (TPSA) is 52.6 Å². The van der Waals surface area contributed by atoms with Crippen molar-refractivity contribution in [3.8, 4) is 5.06 Å². The number of halogens is 1. The Morgan fingerprint density at radius 1 is 1.53 bits per heavy atom. The van der Waals surface area contributed by atoms with E-state index in [4.69, 9.17) is 16.3 Å². The zero-order valence-electron chi connectivity index (χ0n) is 7.99. The lowest BCUT2D eigenvalue weighted by Gasteiger charge is -1.99. The van der Waals surface area contributed by atoms with Gasteiger partial charge in [0.25, 0.3) is 0 Å². The van der Waals surface area contributed by atoms with Crippen molar-refractivity contribution in [2.45, 2.75) is 0 Å². The maximum atomic E-state index is 11.1. The molecule has 0 aliphatic rings. The number of Topliss-reactive ketones (excluding diaryl/α,β-unsaturated/α-hetero) is 1. The molecule has 0 fully saturated rings. The maximum absolute atomic E-state index is 11.1. The Morgan fingerprint density at radius 2 is 2.27 bits per heavy atom. The lowest BCUT2D eigenvalue weighted by molar-refractivity contribution is -0.142. The quantitative estimate of drug-likeness (QED) is 0.452. The van der Waals surface area contributed by atoms with Gasteiger partial charge in [0.15, 0.2) is 17.5 Å². The molecule has 6 heteroatoms. The second-order valence-corrected chi connectivity index (χ2v) is 3.72. The van der Waals surface area contributed by atoms with Gasteiger partial charge >= 0.3 is 5.97 Å². The molecule has 0 saturated carbocycles. The number of carbonyl (C=O) groups excluding carboxylic acids is 2. The molecule has 1 rings (SSSR count). The fraction of sp³-hybridized carbons (Fsp3) is 0.333. The fourth-order valence-corrected chi connectivity index (χ4v) is 1.72. The zero-order valence-corrected chi connectivity index (χ0v) is 9.56. The first-order chi connectivity index (χ1) is 7.17. The Morgan fingerprint density at radius 3 is 2.87 bits per heavy atom. The first-order valence-corrected chi connectivity index (χ1v) is 5.46. The van der Waals surface area contributed by atoms with E-state index in [-0.39, 0.29) is 18.3 Å². The molecule has 15 heavy (non-hydrogen) atoms. The van der Waals surface area contributed by atoms with E-state index in [9.17, 15) is 9.59 Å². The Bertz CT molecular complexity index is 361. The van der Waals surface area contributed by atoms with Gasteiger partial charge in [-0.05, 0) is 0 Å². The van der Waals surface area contributed by atoms with E-state index in [0.717, 1.165) is 0 Å². The van der Waals surface area contributed by atoms with Gasteiger partial charge < -0.3 is 9.47 Å². The van der Waals surface area contributed by atoms with Crippen LogP contribution in [0.1, 0.15) is 10.4 Å². The number of methoxy groups -OCH3 is 1. The lowest BCUT2D eigenvalue weighted by atomic mass is 10.2. The van der Waals surface area contributed by atoms with Crippen LogP contribution in [0.5, 0.6) is 5.06 Å². The summed E-state index contributed by atoms with van der Waals surface area (Å²) in [6, 6.07) is 1.55. The van der Waals surface area contributed by atoms with Crippen LogP contribution in [0.4, 0.5) is 0 Å². The number of rotatable bonds is 5. The van der Waals surface area contributed by atoms with E-state index >= 15 is 0 Å². The highest BCUT2D eigenvalue weighted by atomic mass is 35.5. The molecule has 0 bridgehead atoms. The molecular weight excluding hydrogens is 240 g/mol. The second kappa shape index (κ2) is 5.72. The molecule has 1 aromatic heterocycles. The van der Waals surface area contributed by atoms with E-state index in [0.29, 0.717) is 10.6 Å². The Hall–Kier alpha value is -1.07. The van der Waals surface area contributed by atoms with Crippen LogP contribution < -0.4 is 4.74 Å². The SMILES string of the molecule is COC(=O)COc1cc(C(=O)CCl)cs1. The van der Waals surface area contributed by atoms with Crippen LogP contribution in [0.15, 0.2) is 11.4 Å². The average molecular weight is 249 g/mol. The number of hydrogen-bond donors (Lipinski definition) is 0. The zero-order chi connectivity index (χ0) is 11.3. The number of alkyl halides is 1. The van der Waals surface area contributed by atoms with Gasteiger partial charge in [-0.2, -0.15) is 0 Å². The second-order valence-electron chi connectivity index (χ2n) is 2.58. The molecule has 4 nitrogen and oxygen atoms in total. The van der Waals surface area contributed by atoms with E-state index in [1.54, 1.807) is 11.4 Å². The first-order valence-electron chi connectivity index (χ1n) is 4.04.